The van der Waals surface area contributed by atoms with Gasteiger partial charge in [0.1, 0.15) is 19.2 Å². The molecule has 0 amide bonds. The summed E-state index contributed by atoms with van der Waals surface area (Å²) >= 11 is 0. The summed E-state index contributed by atoms with van der Waals surface area (Å²) in [6.07, 6.45) is 19.0. The normalized spacial score (nSPS) is 11.0. The van der Waals surface area contributed by atoms with E-state index in [1.807, 2.05) is 0 Å². The van der Waals surface area contributed by atoms with Gasteiger partial charge in [-0.1, -0.05) is 84.0 Å². The van der Waals surface area contributed by atoms with E-state index < -0.39 is 11.5 Å². The van der Waals surface area contributed by atoms with Crippen LogP contribution in [0.3, 0.4) is 0 Å². The third-order valence-corrected chi connectivity index (χ3v) is 5.47. The lowest BCUT2D eigenvalue weighted by atomic mass is 10.0. The summed E-state index contributed by atoms with van der Waals surface area (Å²) in [4.78, 5) is 11.5. The molecule has 0 aliphatic rings. The number of esters is 1. The predicted molar refractivity (Wildman–Crippen MR) is 121 cm³/mol. The summed E-state index contributed by atoms with van der Waals surface area (Å²) < 4.78 is 5.79. The van der Waals surface area contributed by atoms with Crippen molar-refractivity contribution in [2.75, 3.05) is 33.8 Å². The Balaban J connectivity index is 3.52. The van der Waals surface area contributed by atoms with Gasteiger partial charge in [0.15, 0.2) is 5.57 Å². The molecule has 0 spiro atoms. The molecule has 0 radical (unpaired) electrons. The van der Waals surface area contributed by atoms with Crippen LogP contribution in [0.5, 0.6) is 0 Å². The minimum Gasteiger partial charge on any atom is -0.762 e. The number of carbonyl (C=O) groups excluding carboxylic acids is 1. The molecule has 0 bridgehead atoms. The monoisotopic (exact) mass is 405 g/mol. The van der Waals surface area contributed by atoms with Gasteiger partial charge in [-0.25, -0.2) is 10.7 Å². The SMILES string of the molecule is CCCCCCCCCCCCCCCC[N+](C)(C)CCOC(=O)C(=C=[N-])C#N. The summed E-state index contributed by atoms with van der Waals surface area (Å²) in [5, 5.41) is 17.3. The molecule has 0 saturated heterocycles. The third kappa shape index (κ3) is 17.0. The maximum atomic E-state index is 11.5. The van der Waals surface area contributed by atoms with Crippen LogP contribution in [0.4, 0.5) is 0 Å². The summed E-state index contributed by atoms with van der Waals surface area (Å²) in [6.45, 7) is 4.23. The lowest BCUT2D eigenvalue weighted by Crippen LogP contribution is -2.43. The van der Waals surface area contributed by atoms with Crippen LogP contribution in [0.15, 0.2) is 5.57 Å². The summed E-state index contributed by atoms with van der Waals surface area (Å²) in [7, 11) is 4.24. The highest BCUT2D eigenvalue weighted by Gasteiger charge is 2.16. The van der Waals surface area contributed by atoms with Gasteiger partial charge in [-0.05, 0) is 12.8 Å². The van der Waals surface area contributed by atoms with E-state index >= 15 is 0 Å². The fourth-order valence-electron chi connectivity index (χ4n) is 3.42. The molecule has 0 aromatic carbocycles. The van der Waals surface area contributed by atoms with Gasteiger partial charge < -0.3 is 14.6 Å². The Labute approximate surface area is 179 Å². The van der Waals surface area contributed by atoms with E-state index in [1.54, 1.807) is 11.9 Å². The summed E-state index contributed by atoms with van der Waals surface area (Å²) in [5.41, 5.74) is -0.484. The van der Waals surface area contributed by atoms with Crippen molar-refractivity contribution in [2.45, 2.75) is 96.8 Å². The second-order valence-electron chi connectivity index (χ2n) is 8.71. The molecule has 0 N–H and O–H groups in total. The number of rotatable bonds is 19. The van der Waals surface area contributed by atoms with Crippen molar-refractivity contribution < 1.29 is 14.0 Å². The van der Waals surface area contributed by atoms with E-state index in [1.165, 1.54) is 89.9 Å². The fraction of sp³-hybridized carbons (Fsp3) is 0.833. The van der Waals surface area contributed by atoms with Gasteiger partial charge in [-0.3, -0.25) is 0 Å². The third-order valence-electron chi connectivity index (χ3n) is 5.47. The molecule has 0 fully saturated rings. The number of ether oxygens (including phenoxy) is 1. The first kappa shape index (κ1) is 27.4. The molecular weight excluding hydrogens is 362 g/mol. The van der Waals surface area contributed by atoms with Gasteiger partial charge in [0.25, 0.3) is 0 Å². The topological polar surface area (TPSA) is 72.4 Å². The molecule has 0 aliphatic heterocycles. The molecule has 0 aromatic heterocycles. The van der Waals surface area contributed by atoms with E-state index in [2.05, 4.69) is 21.0 Å². The fourth-order valence-corrected chi connectivity index (χ4v) is 3.42. The molecule has 0 unspecified atom stereocenters. The van der Waals surface area contributed by atoms with Crippen molar-refractivity contribution in [2.24, 2.45) is 0 Å². The van der Waals surface area contributed by atoms with Crippen LogP contribution in [0.25, 0.3) is 5.41 Å². The molecule has 0 aromatic rings. The number of carbonyl (C=O) groups is 1. The minimum atomic E-state index is -0.813. The number of hydrogen-bond donors (Lipinski definition) is 0. The van der Waals surface area contributed by atoms with E-state index in [9.17, 15) is 4.79 Å². The minimum absolute atomic E-state index is 0.233. The smallest absolute Gasteiger partial charge is 0.355 e. The zero-order valence-electron chi connectivity index (χ0n) is 19.2. The average Bonchev–Trinajstić information content (AvgIpc) is 2.69. The molecule has 5 nitrogen and oxygen atoms in total. The molecular formula is C24H43N3O2. The number of likely N-dealkylation sites (N-methyl/N-ethyl adjacent to an activating group) is 1. The van der Waals surface area contributed by atoms with E-state index in [0.717, 1.165) is 11.0 Å². The maximum Gasteiger partial charge on any atom is 0.355 e. The highest BCUT2D eigenvalue weighted by molar-refractivity contribution is 6.02. The van der Waals surface area contributed by atoms with Crippen LogP contribution in [0, 0.1) is 11.3 Å². The molecule has 0 aliphatic carbocycles. The number of nitrogens with zero attached hydrogens (tertiary/aromatic N) is 3. The van der Waals surface area contributed by atoms with Crippen molar-refractivity contribution in [1.29, 1.82) is 5.26 Å². The Morgan fingerprint density at radius 2 is 1.28 bits per heavy atom. The molecule has 5 heteroatoms. The first-order chi connectivity index (χ1) is 14.0. The Kier molecular flexibility index (Phi) is 17.4. The summed E-state index contributed by atoms with van der Waals surface area (Å²) in [5.74, 6) is 0.743. The lowest BCUT2D eigenvalue weighted by molar-refractivity contribution is -0.890. The number of hydrogen-bond acceptors (Lipinski definition) is 3. The van der Waals surface area contributed by atoms with Gasteiger partial charge in [0.05, 0.1) is 20.6 Å². The average molecular weight is 406 g/mol. The van der Waals surface area contributed by atoms with Gasteiger partial charge in [0, 0.05) is 0 Å². The Bertz CT molecular complexity index is 517. The molecule has 0 saturated carbocycles. The van der Waals surface area contributed by atoms with Crippen molar-refractivity contribution in [3.63, 3.8) is 0 Å². The van der Waals surface area contributed by atoms with Crippen LogP contribution < -0.4 is 0 Å². The predicted octanol–water partition coefficient (Wildman–Crippen LogP) is 5.78. The van der Waals surface area contributed by atoms with Gasteiger partial charge in [-0.2, -0.15) is 5.26 Å². The zero-order valence-corrected chi connectivity index (χ0v) is 19.2. The van der Waals surface area contributed by atoms with Crippen molar-refractivity contribution in [1.82, 2.24) is 0 Å². The first-order valence-corrected chi connectivity index (χ1v) is 11.6. The van der Waals surface area contributed by atoms with Gasteiger partial charge in [-0.15, -0.1) is 0 Å². The van der Waals surface area contributed by atoms with E-state index in [0.29, 0.717) is 6.54 Å². The van der Waals surface area contributed by atoms with Crippen LogP contribution in [-0.4, -0.2) is 50.1 Å². The second kappa shape index (κ2) is 18.4. The lowest BCUT2D eigenvalue weighted by Gasteiger charge is -2.29. The summed E-state index contributed by atoms with van der Waals surface area (Å²) in [6, 6.07) is 1.56. The highest BCUT2D eigenvalue weighted by atomic mass is 16.5. The molecule has 0 rings (SSSR count). The maximum absolute atomic E-state index is 11.5. The standard InChI is InChI=1S/C24H43N3O2/c1-4-5-6-7-8-9-10-11-12-13-14-15-16-17-18-27(2,3)19-20-29-24(28)23(21-25)22-26/h4-20H2,1-3H3. The largest absolute Gasteiger partial charge is 0.762 e. The second-order valence-corrected chi connectivity index (χ2v) is 8.71. The molecule has 0 atom stereocenters. The molecule has 0 heterocycles. The van der Waals surface area contributed by atoms with Crippen molar-refractivity contribution >= 4 is 11.8 Å². The number of quaternary nitrogens is 1. The van der Waals surface area contributed by atoms with Gasteiger partial charge in [0.2, 0.25) is 0 Å². The van der Waals surface area contributed by atoms with Crippen LogP contribution in [0.1, 0.15) is 96.8 Å². The van der Waals surface area contributed by atoms with Crippen LogP contribution in [-0.2, 0) is 9.53 Å². The van der Waals surface area contributed by atoms with E-state index in [-0.39, 0.29) is 6.61 Å². The van der Waals surface area contributed by atoms with Gasteiger partial charge >= 0.3 is 5.97 Å². The van der Waals surface area contributed by atoms with Crippen LogP contribution in [0.2, 0.25) is 0 Å². The Morgan fingerprint density at radius 1 is 0.828 bits per heavy atom. The Morgan fingerprint density at radius 3 is 1.69 bits per heavy atom. The van der Waals surface area contributed by atoms with Crippen molar-refractivity contribution in [3.05, 3.63) is 11.0 Å². The number of nitriles is 1. The number of unbranched alkanes of at least 4 members (excludes halogenated alkanes) is 13. The first-order valence-electron chi connectivity index (χ1n) is 11.6. The van der Waals surface area contributed by atoms with Crippen LogP contribution >= 0.6 is 0 Å². The molecule has 166 valence electrons. The van der Waals surface area contributed by atoms with Crippen molar-refractivity contribution in [3.8, 4) is 6.07 Å². The molecule has 29 heavy (non-hydrogen) atoms. The van der Waals surface area contributed by atoms with E-state index in [4.69, 9.17) is 15.4 Å². The highest BCUT2D eigenvalue weighted by Crippen LogP contribution is 2.13. The quantitative estimate of drug-likeness (QED) is 0.0683. The zero-order chi connectivity index (χ0) is 21.8. The Hall–Kier alpha value is -1.63.